The van der Waals surface area contributed by atoms with Crippen molar-refractivity contribution in [2.45, 2.75) is 26.8 Å². The Morgan fingerprint density at radius 1 is 1.28 bits per heavy atom. The molecule has 98 valence electrons. The maximum absolute atomic E-state index is 6.14. The normalized spacial score (nSPS) is 12.9. The number of aryl methyl sites for hydroxylation is 2. The van der Waals surface area contributed by atoms with Crippen LogP contribution in [0.1, 0.15) is 33.2 Å². The number of hydrogen-bond donors (Lipinski definition) is 1. The van der Waals surface area contributed by atoms with E-state index < -0.39 is 0 Å². The second-order valence-corrected chi connectivity index (χ2v) is 7.98. The Kier molecular flexibility index (Phi) is 4.89. The van der Waals surface area contributed by atoms with Crippen LogP contribution < -0.4 is 5.32 Å². The highest BCUT2D eigenvalue weighted by atomic mass is 79.9. The van der Waals surface area contributed by atoms with Gasteiger partial charge in [0.1, 0.15) is 4.34 Å². The quantitative estimate of drug-likeness (QED) is 0.751. The van der Waals surface area contributed by atoms with Crippen LogP contribution in [-0.4, -0.2) is 6.54 Å². The van der Waals surface area contributed by atoms with E-state index >= 15 is 0 Å². The average molecular weight is 365 g/mol. The molecule has 0 aromatic carbocycles. The predicted octanol–water partition coefficient (Wildman–Crippen LogP) is 5.54. The summed E-state index contributed by atoms with van der Waals surface area (Å²) in [5.74, 6) is 0. The molecule has 1 N–H and O–H groups in total. The van der Waals surface area contributed by atoms with Gasteiger partial charge < -0.3 is 5.32 Å². The van der Waals surface area contributed by atoms with Crippen molar-refractivity contribution in [3.05, 3.63) is 41.1 Å². The Hall–Kier alpha value is 0.130. The summed E-state index contributed by atoms with van der Waals surface area (Å²) < 4.78 is 1.80. The van der Waals surface area contributed by atoms with Gasteiger partial charge in [-0.1, -0.05) is 18.5 Å². The van der Waals surface area contributed by atoms with E-state index in [-0.39, 0.29) is 6.04 Å². The molecule has 5 heteroatoms. The number of thiophene rings is 2. The summed E-state index contributed by atoms with van der Waals surface area (Å²) in [6.45, 7) is 7.40. The second-order valence-electron chi connectivity index (χ2n) is 4.15. The Morgan fingerprint density at radius 3 is 2.39 bits per heavy atom. The molecule has 0 saturated carbocycles. The fraction of sp³-hybridized carbons (Fsp3) is 0.385. The fourth-order valence-corrected chi connectivity index (χ4v) is 4.84. The first kappa shape index (κ1) is 14.5. The van der Waals surface area contributed by atoms with Gasteiger partial charge in [0.25, 0.3) is 0 Å². The Balaban J connectivity index is 2.39. The summed E-state index contributed by atoms with van der Waals surface area (Å²) >= 11 is 13.1. The molecular formula is C13H15BrClNS2. The third-order valence-corrected chi connectivity index (χ3v) is 6.58. The van der Waals surface area contributed by atoms with Gasteiger partial charge >= 0.3 is 0 Å². The first-order valence-corrected chi connectivity index (χ1v) is 8.58. The molecule has 0 bridgehead atoms. The van der Waals surface area contributed by atoms with Crippen molar-refractivity contribution in [1.29, 1.82) is 0 Å². The van der Waals surface area contributed by atoms with Crippen molar-refractivity contribution in [3.63, 3.8) is 0 Å². The molecule has 0 aliphatic heterocycles. The molecule has 2 rings (SSSR count). The summed E-state index contributed by atoms with van der Waals surface area (Å²) in [7, 11) is 0. The molecule has 1 nitrogen and oxygen atoms in total. The summed E-state index contributed by atoms with van der Waals surface area (Å²) in [5, 5.41) is 3.54. The highest BCUT2D eigenvalue weighted by Gasteiger charge is 2.19. The summed E-state index contributed by atoms with van der Waals surface area (Å²) in [6.07, 6.45) is 0. The van der Waals surface area contributed by atoms with Crippen molar-refractivity contribution in [3.8, 4) is 0 Å². The topological polar surface area (TPSA) is 12.0 Å². The summed E-state index contributed by atoms with van der Waals surface area (Å²) in [4.78, 5) is 4.00. The van der Waals surface area contributed by atoms with Gasteiger partial charge in [-0.05, 0) is 54.0 Å². The van der Waals surface area contributed by atoms with E-state index in [1.807, 2.05) is 11.3 Å². The molecular weight excluding hydrogens is 350 g/mol. The Bertz CT molecular complexity index is 462. The molecule has 18 heavy (non-hydrogen) atoms. The highest BCUT2D eigenvalue weighted by molar-refractivity contribution is 9.10. The van der Waals surface area contributed by atoms with Gasteiger partial charge in [0.2, 0.25) is 0 Å². The third-order valence-electron chi connectivity index (χ3n) is 2.83. The van der Waals surface area contributed by atoms with Gasteiger partial charge in [-0.2, -0.15) is 0 Å². The maximum Gasteiger partial charge on any atom is 0.107 e. The standard InChI is InChI=1S/C13H15BrClNS2/c1-4-16-12(10-5-7(2)8(3)17-10)11-6-9(14)13(15)18-11/h5-6,12,16H,4H2,1-3H3. The molecule has 0 aliphatic rings. The number of hydrogen-bond acceptors (Lipinski definition) is 3. The van der Waals surface area contributed by atoms with E-state index in [1.54, 1.807) is 11.3 Å². The van der Waals surface area contributed by atoms with Crippen LogP contribution in [0, 0.1) is 13.8 Å². The second kappa shape index (κ2) is 6.06. The van der Waals surface area contributed by atoms with Gasteiger partial charge in [-0.3, -0.25) is 0 Å². The van der Waals surface area contributed by atoms with E-state index in [4.69, 9.17) is 11.6 Å². The van der Waals surface area contributed by atoms with E-state index in [0.29, 0.717) is 0 Å². The molecule has 0 saturated heterocycles. The smallest absolute Gasteiger partial charge is 0.107 e. The maximum atomic E-state index is 6.14. The summed E-state index contributed by atoms with van der Waals surface area (Å²) in [5.41, 5.74) is 1.36. The van der Waals surface area contributed by atoms with Crippen molar-refractivity contribution in [2.75, 3.05) is 6.54 Å². The number of halogens is 2. The molecule has 0 radical (unpaired) electrons. The van der Waals surface area contributed by atoms with Crippen LogP contribution in [0.5, 0.6) is 0 Å². The lowest BCUT2D eigenvalue weighted by molar-refractivity contribution is 0.648. The Labute approximate surface area is 129 Å². The molecule has 1 atom stereocenters. The molecule has 0 spiro atoms. The van der Waals surface area contributed by atoms with Crippen molar-refractivity contribution < 1.29 is 0 Å². The van der Waals surface area contributed by atoms with Crippen LogP contribution in [0.15, 0.2) is 16.6 Å². The lowest BCUT2D eigenvalue weighted by atomic mass is 10.1. The minimum Gasteiger partial charge on any atom is -0.305 e. The fourth-order valence-electron chi connectivity index (χ4n) is 1.80. The average Bonchev–Trinajstić information content (AvgIpc) is 2.81. The van der Waals surface area contributed by atoms with Gasteiger partial charge in [-0.25, -0.2) is 0 Å². The van der Waals surface area contributed by atoms with Gasteiger partial charge in [-0.15, -0.1) is 22.7 Å². The van der Waals surface area contributed by atoms with Crippen molar-refractivity contribution >= 4 is 50.2 Å². The van der Waals surface area contributed by atoms with E-state index in [9.17, 15) is 0 Å². The van der Waals surface area contributed by atoms with Crippen LogP contribution in [0.4, 0.5) is 0 Å². The number of rotatable bonds is 4. The zero-order chi connectivity index (χ0) is 13.3. The number of nitrogens with one attached hydrogen (secondary N) is 1. The van der Waals surface area contributed by atoms with Gasteiger partial charge in [0.15, 0.2) is 0 Å². The van der Waals surface area contributed by atoms with E-state index in [2.05, 4.69) is 54.2 Å². The van der Waals surface area contributed by atoms with Crippen molar-refractivity contribution in [1.82, 2.24) is 5.32 Å². The zero-order valence-electron chi connectivity index (χ0n) is 10.5. The molecule has 2 aromatic heterocycles. The molecule has 0 amide bonds. The predicted molar refractivity (Wildman–Crippen MR) is 86.3 cm³/mol. The van der Waals surface area contributed by atoms with Crippen LogP contribution in [0.2, 0.25) is 4.34 Å². The lowest BCUT2D eigenvalue weighted by Crippen LogP contribution is -2.20. The monoisotopic (exact) mass is 363 g/mol. The van der Waals surface area contributed by atoms with Crippen LogP contribution in [-0.2, 0) is 0 Å². The summed E-state index contributed by atoms with van der Waals surface area (Å²) in [6, 6.07) is 4.64. The first-order chi connectivity index (χ1) is 8.52. The highest BCUT2D eigenvalue weighted by Crippen LogP contribution is 2.39. The first-order valence-electron chi connectivity index (χ1n) is 5.78. The van der Waals surface area contributed by atoms with Gasteiger partial charge in [0, 0.05) is 19.1 Å². The van der Waals surface area contributed by atoms with E-state index in [0.717, 1.165) is 15.4 Å². The molecule has 2 heterocycles. The molecule has 2 aromatic rings. The van der Waals surface area contributed by atoms with Crippen molar-refractivity contribution in [2.24, 2.45) is 0 Å². The molecule has 0 fully saturated rings. The Morgan fingerprint density at radius 2 is 1.94 bits per heavy atom. The lowest BCUT2D eigenvalue weighted by Gasteiger charge is -2.14. The molecule has 1 unspecified atom stereocenters. The van der Waals surface area contributed by atoms with Crippen LogP contribution in [0.3, 0.4) is 0 Å². The largest absolute Gasteiger partial charge is 0.305 e. The SMILES string of the molecule is CCNC(c1cc(C)c(C)s1)c1cc(Br)c(Cl)s1. The molecule has 0 aliphatic carbocycles. The van der Waals surface area contributed by atoms with Crippen LogP contribution >= 0.6 is 50.2 Å². The van der Waals surface area contributed by atoms with Gasteiger partial charge in [0.05, 0.1) is 6.04 Å². The zero-order valence-corrected chi connectivity index (χ0v) is 14.5. The third kappa shape index (κ3) is 2.99. The minimum atomic E-state index is 0.251. The van der Waals surface area contributed by atoms with E-state index in [1.165, 1.54) is 20.2 Å². The van der Waals surface area contributed by atoms with Crippen LogP contribution in [0.25, 0.3) is 0 Å². The minimum absolute atomic E-state index is 0.251.